The molecule has 0 radical (unpaired) electrons. The Bertz CT molecular complexity index is 528. The van der Waals surface area contributed by atoms with Gasteiger partial charge in [0.05, 0.1) is 5.56 Å². The van der Waals surface area contributed by atoms with E-state index in [9.17, 15) is 8.78 Å². The van der Waals surface area contributed by atoms with E-state index in [0.29, 0.717) is 0 Å². The number of hydrogen-bond donors (Lipinski definition) is 1. The van der Waals surface area contributed by atoms with E-state index in [1.165, 1.54) is 6.07 Å². The summed E-state index contributed by atoms with van der Waals surface area (Å²) in [5.41, 5.74) is 5.35. The van der Waals surface area contributed by atoms with Crippen molar-refractivity contribution in [3.05, 3.63) is 29.8 Å². The molecule has 1 heterocycles. The van der Waals surface area contributed by atoms with Gasteiger partial charge in [-0.2, -0.15) is 0 Å². The van der Waals surface area contributed by atoms with Crippen molar-refractivity contribution in [3.8, 4) is 11.3 Å². The van der Waals surface area contributed by atoms with Crippen molar-refractivity contribution >= 4 is 17.6 Å². The van der Waals surface area contributed by atoms with Gasteiger partial charge in [0, 0.05) is 11.0 Å². The van der Waals surface area contributed by atoms with Crippen LogP contribution in [0.25, 0.3) is 11.3 Å². The largest absolute Gasteiger partial charge is 0.381 e. The number of rotatable bonds is 2. The van der Waals surface area contributed by atoms with Gasteiger partial charge in [-0.05, 0) is 18.4 Å². The van der Waals surface area contributed by atoms with Gasteiger partial charge in [0.2, 0.25) is 0 Å². The van der Waals surface area contributed by atoms with E-state index in [1.807, 2.05) is 0 Å². The maximum atomic E-state index is 13.6. The Hall–Kier alpha value is -1.56. The van der Waals surface area contributed by atoms with Crippen molar-refractivity contribution in [1.82, 2.24) is 5.16 Å². The highest BCUT2D eigenvalue weighted by molar-refractivity contribution is 7.98. The summed E-state index contributed by atoms with van der Waals surface area (Å²) < 4.78 is 31.8. The zero-order chi connectivity index (χ0) is 11.7. The van der Waals surface area contributed by atoms with Crippen LogP contribution in [0.4, 0.5) is 14.6 Å². The van der Waals surface area contributed by atoms with E-state index in [4.69, 9.17) is 10.3 Å². The van der Waals surface area contributed by atoms with Crippen molar-refractivity contribution in [1.29, 1.82) is 0 Å². The summed E-state index contributed by atoms with van der Waals surface area (Å²) in [6.07, 6.45) is 1.67. The fraction of sp³-hybridized carbons (Fsp3) is 0.100. The number of nitrogen functional groups attached to an aromatic ring is 1. The first-order valence-electron chi connectivity index (χ1n) is 4.37. The fourth-order valence-electron chi connectivity index (χ4n) is 1.29. The van der Waals surface area contributed by atoms with Crippen molar-refractivity contribution in [2.75, 3.05) is 12.0 Å². The van der Waals surface area contributed by atoms with Gasteiger partial charge in [0.25, 0.3) is 0 Å². The van der Waals surface area contributed by atoms with Crippen LogP contribution in [0.15, 0.2) is 27.6 Å². The lowest BCUT2D eigenvalue weighted by Gasteiger charge is -2.03. The van der Waals surface area contributed by atoms with Crippen LogP contribution in [-0.2, 0) is 0 Å². The van der Waals surface area contributed by atoms with Crippen molar-refractivity contribution in [3.63, 3.8) is 0 Å². The predicted molar refractivity (Wildman–Crippen MR) is 58.0 cm³/mol. The monoisotopic (exact) mass is 242 g/mol. The Balaban J connectivity index is 2.54. The number of thioether (sulfide) groups is 1. The Morgan fingerprint density at radius 3 is 2.56 bits per heavy atom. The summed E-state index contributed by atoms with van der Waals surface area (Å²) in [5, 5.41) is 3.41. The van der Waals surface area contributed by atoms with Crippen molar-refractivity contribution in [2.45, 2.75) is 4.90 Å². The standard InChI is InChI=1S/C10H8F2N2OS/c1-16-9-3-6(11)5(2-7(9)12)8-4-10(13)14-15-8/h2-4H,1H3,(H2,13,14). The number of halogens is 2. The Morgan fingerprint density at radius 2 is 2.00 bits per heavy atom. The zero-order valence-corrected chi connectivity index (χ0v) is 9.15. The summed E-state index contributed by atoms with van der Waals surface area (Å²) in [7, 11) is 0. The van der Waals surface area contributed by atoms with Crippen LogP contribution in [0.5, 0.6) is 0 Å². The normalized spacial score (nSPS) is 10.7. The molecular formula is C10H8F2N2OS. The minimum absolute atomic E-state index is 0.0134. The third kappa shape index (κ3) is 1.88. The third-order valence-electron chi connectivity index (χ3n) is 2.04. The molecule has 16 heavy (non-hydrogen) atoms. The summed E-state index contributed by atoms with van der Waals surface area (Å²) in [4.78, 5) is 0.244. The quantitative estimate of drug-likeness (QED) is 0.822. The molecule has 0 fully saturated rings. The summed E-state index contributed by atoms with van der Waals surface area (Å²) in [6, 6.07) is 3.53. The maximum Gasteiger partial charge on any atom is 0.172 e. The number of nitrogens with two attached hydrogens (primary N) is 1. The zero-order valence-electron chi connectivity index (χ0n) is 8.33. The van der Waals surface area contributed by atoms with Gasteiger partial charge >= 0.3 is 0 Å². The van der Waals surface area contributed by atoms with E-state index in [2.05, 4.69) is 5.16 Å². The highest BCUT2D eigenvalue weighted by atomic mass is 32.2. The second-order valence-electron chi connectivity index (χ2n) is 3.08. The van der Waals surface area contributed by atoms with Gasteiger partial charge < -0.3 is 10.3 Å². The number of nitrogens with zero attached hydrogens (tertiary/aromatic N) is 1. The first-order chi connectivity index (χ1) is 7.61. The second-order valence-corrected chi connectivity index (χ2v) is 3.93. The molecular weight excluding hydrogens is 234 g/mol. The molecule has 0 bridgehead atoms. The smallest absolute Gasteiger partial charge is 0.172 e. The van der Waals surface area contributed by atoms with Crippen LogP contribution < -0.4 is 5.73 Å². The van der Waals surface area contributed by atoms with Crippen LogP contribution >= 0.6 is 11.8 Å². The lowest BCUT2D eigenvalue weighted by Crippen LogP contribution is -1.88. The first-order valence-corrected chi connectivity index (χ1v) is 5.60. The van der Waals surface area contributed by atoms with Crippen LogP contribution in [-0.4, -0.2) is 11.4 Å². The van der Waals surface area contributed by atoms with Gasteiger partial charge in [0.1, 0.15) is 11.6 Å². The van der Waals surface area contributed by atoms with Crippen LogP contribution in [0.1, 0.15) is 0 Å². The highest BCUT2D eigenvalue weighted by Crippen LogP contribution is 2.29. The summed E-state index contributed by atoms with van der Waals surface area (Å²) in [5.74, 6) is -0.828. The van der Waals surface area contributed by atoms with Gasteiger partial charge in [-0.3, -0.25) is 0 Å². The topological polar surface area (TPSA) is 52.0 Å². The van der Waals surface area contributed by atoms with Crippen LogP contribution in [0.2, 0.25) is 0 Å². The maximum absolute atomic E-state index is 13.6. The molecule has 0 atom stereocenters. The number of hydrogen-bond acceptors (Lipinski definition) is 4. The molecule has 0 aliphatic rings. The molecule has 6 heteroatoms. The van der Waals surface area contributed by atoms with E-state index in [-0.39, 0.29) is 22.0 Å². The molecule has 1 aromatic carbocycles. The minimum atomic E-state index is -0.568. The lowest BCUT2D eigenvalue weighted by molar-refractivity contribution is 0.432. The number of benzene rings is 1. The number of aromatic nitrogens is 1. The number of anilines is 1. The molecule has 0 aliphatic heterocycles. The van der Waals surface area contributed by atoms with Crippen molar-refractivity contribution < 1.29 is 13.3 Å². The highest BCUT2D eigenvalue weighted by Gasteiger charge is 2.14. The van der Waals surface area contributed by atoms with Gasteiger partial charge in [0.15, 0.2) is 11.6 Å². The molecule has 2 N–H and O–H groups in total. The van der Waals surface area contributed by atoms with E-state index in [1.54, 1.807) is 6.26 Å². The minimum Gasteiger partial charge on any atom is -0.381 e. The molecule has 3 nitrogen and oxygen atoms in total. The average Bonchev–Trinajstić information content (AvgIpc) is 2.67. The molecule has 0 amide bonds. The second kappa shape index (κ2) is 4.13. The fourth-order valence-corrected chi connectivity index (χ4v) is 1.76. The predicted octanol–water partition coefficient (Wildman–Crippen LogP) is 2.92. The lowest BCUT2D eigenvalue weighted by atomic mass is 10.1. The van der Waals surface area contributed by atoms with Crippen molar-refractivity contribution in [2.24, 2.45) is 0 Å². The first kappa shape index (κ1) is 10.9. The van der Waals surface area contributed by atoms with E-state index < -0.39 is 11.6 Å². The molecule has 2 rings (SSSR count). The summed E-state index contributed by atoms with van der Waals surface area (Å²) in [6.45, 7) is 0. The molecule has 0 spiro atoms. The Labute approximate surface area is 94.6 Å². The third-order valence-corrected chi connectivity index (χ3v) is 2.79. The molecule has 0 unspecified atom stereocenters. The molecule has 0 aliphatic carbocycles. The Kier molecular flexibility index (Phi) is 2.82. The molecule has 84 valence electrons. The van der Waals surface area contributed by atoms with Gasteiger partial charge in [-0.25, -0.2) is 8.78 Å². The molecule has 1 aromatic heterocycles. The SMILES string of the molecule is CSc1cc(F)c(-c2cc(N)no2)cc1F. The summed E-state index contributed by atoms with van der Waals surface area (Å²) >= 11 is 1.13. The van der Waals surface area contributed by atoms with Crippen LogP contribution in [0.3, 0.4) is 0 Å². The Morgan fingerprint density at radius 1 is 1.25 bits per heavy atom. The molecule has 0 saturated carbocycles. The van der Waals surface area contributed by atoms with Gasteiger partial charge in [-0.15, -0.1) is 11.8 Å². The molecule has 2 aromatic rings. The van der Waals surface area contributed by atoms with Crippen LogP contribution in [0, 0.1) is 11.6 Å². The average molecular weight is 242 g/mol. The molecule has 0 saturated heterocycles. The van der Waals surface area contributed by atoms with E-state index in [0.717, 1.165) is 23.9 Å². The van der Waals surface area contributed by atoms with E-state index >= 15 is 0 Å². The van der Waals surface area contributed by atoms with Gasteiger partial charge in [-0.1, -0.05) is 5.16 Å².